The van der Waals surface area contributed by atoms with Gasteiger partial charge in [-0.2, -0.15) is 4.99 Å². The average molecular weight is 550 g/mol. The highest BCUT2D eigenvalue weighted by Gasteiger charge is 2.21. The number of guanidine groups is 1. The van der Waals surface area contributed by atoms with Crippen LogP contribution in [0.2, 0.25) is 0 Å². The summed E-state index contributed by atoms with van der Waals surface area (Å²) in [7, 11) is 0. The first kappa shape index (κ1) is 36.1. The van der Waals surface area contributed by atoms with E-state index in [-0.39, 0.29) is 5.17 Å². The van der Waals surface area contributed by atoms with Gasteiger partial charge in [0.1, 0.15) is 22.4 Å². The third kappa shape index (κ3) is 25.9. The largest absolute Gasteiger partial charge is 0.444 e. The normalized spacial score (nSPS) is 12.2. The van der Waals surface area contributed by atoms with E-state index in [2.05, 4.69) is 20.9 Å². The topological polar surface area (TPSA) is 177 Å². The Balaban J connectivity index is 0. The van der Waals surface area contributed by atoms with Gasteiger partial charge in [0.05, 0.1) is 0 Å². The van der Waals surface area contributed by atoms with Crippen LogP contribution in [0.1, 0.15) is 83.1 Å². The zero-order valence-electron chi connectivity index (χ0n) is 24.1. The molecule has 37 heavy (non-hydrogen) atoms. The van der Waals surface area contributed by atoms with Gasteiger partial charge in [-0.3, -0.25) is 21.4 Å². The van der Waals surface area contributed by atoms with Gasteiger partial charge in [-0.1, -0.05) is 11.8 Å². The van der Waals surface area contributed by atoms with E-state index in [4.69, 9.17) is 24.4 Å². The number of alkyl carbamates (subject to hydrolysis) is 3. The van der Waals surface area contributed by atoms with Crippen molar-refractivity contribution in [1.82, 2.24) is 16.0 Å². The van der Waals surface area contributed by atoms with Gasteiger partial charge in [0.15, 0.2) is 5.17 Å². The minimum absolute atomic E-state index is 0.128. The quantitative estimate of drug-likeness (QED) is 0.181. The molecule has 0 atom stereocenters. The van der Waals surface area contributed by atoms with Crippen LogP contribution in [0.15, 0.2) is 4.99 Å². The summed E-state index contributed by atoms with van der Waals surface area (Å²) in [5.74, 6) is -0.501. The highest BCUT2D eigenvalue weighted by atomic mass is 32.2. The second-order valence-corrected chi connectivity index (χ2v) is 12.2. The van der Waals surface area contributed by atoms with E-state index in [1.165, 1.54) is 0 Å². The summed E-state index contributed by atoms with van der Waals surface area (Å²) >= 11 is 1.12. The molecule has 0 unspecified atom stereocenters. The Morgan fingerprint density at radius 3 is 1.16 bits per heavy atom. The smallest absolute Gasteiger partial charge is 0.436 e. The molecule has 4 amide bonds. The second-order valence-electron chi connectivity index (χ2n) is 11.4. The number of hydrogen-bond donors (Lipinski definition) is 4. The van der Waals surface area contributed by atoms with Crippen molar-refractivity contribution in [2.24, 2.45) is 4.99 Å². The van der Waals surface area contributed by atoms with Crippen molar-refractivity contribution >= 4 is 47.3 Å². The van der Waals surface area contributed by atoms with Crippen LogP contribution in [0.4, 0.5) is 19.2 Å². The van der Waals surface area contributed by atoms with E-state index in [9.17, 15) is 19.2 Å². The molecular formula is C23H43N5O8S. The monoisotopic (exact) mass is 549 g/mol. The molecule has 0 aliphatic carbocycles. The number of carbonyl (C=O) groups excluding carboxylic acids is 4. The van der Waals surface area contributed by atoms with Gasteiger partial charge in [0, 0.05) is 0 Å². The number of rotatable bonds is 0. The maximum atomic E-state index is 11.5. The number of thioether (sulfide) groups is 1. The zero-order valence-corrected chi connectivity index (χ0v) is 24.9. The summed E-state index contributed by atoms with van der Waals surface area (Å²) in [4.78, 5) is 49.2. The number of nitrogens with one attached hydrogen (secondary N) is 4. The zero-order chi connectivity index (χ0) is 29.8. The highest BCUT2D eigenvalue weighted by Crippen LogP contribution is 2.11. The van der Waals surface area contributed by atoms with Crippen LogP contribution in [-0.2, 0) is 18.9 Å². The second kappa shape index (κ2) is 14.6. The molecule has 0 saturated heterocycles. The molecule has 13 nitrogen and oxygen atoms in total. The lowest BCUT2D eigenvalue weighted by atomic mass is 10.2. The number of amides is 4. The number of aliphatic imine (C=N–C) groups is 1. The molecule has 0 rings (SSSR count). The Hall–Kier alpha value is -3.03. The Labute approximate surface area is 223 Å². The van der Waals surface area contributed by atoms with Crippen LogP contribution < -0.4 is 16.0 Å². The van der Waals surface area contributed by atoms with Crippen molar-refractivity contribution in [3.63, 3.8) is 0 Å². The number of ether oxygens (including phenoxy) is 4. The minimum atomic E-state index is -0.816. The molecule has 0 fully saturated rings. The Bertz CT molecular complexity index is 815. The van der Waals surface area contributed by atoms with Crippen LogP contribution in [0, 0.1) is 5.41 Å². The average Bonchev–Trinajstić information content (AvgIpc) is 2.54. The molecule has 0 heterocycles. The minimum Gasteiger partial charge on any atom is -0.444 e. The molecule has 0 aromatic heterocycles. The predicted octanol–water partition coefficient (Wildman–Crippen LogP) is 5.14. The van der Waals surface area contributed by atoms with Gasteiger partial charge in [-0.15, -0.1) is 0 Å². The van der Waals surface area contributed by atoms with Crippen molar-refractivity contribution in [2.75, 3.05) is 6.26 Å². The molecule has 0 radical (unpaired) electrons. The fourth-order valence-electron chi connectivity index (χ4n) is 1.73. The molecule has 0 aliphatic rings. The van der Waals surface area contributed by atoms with Gasteiger partial charge < -0.3 is 18.9 Å². The maximum Gasteiger partial charge on any atom is 0.436 e. The van der Waals surface area contributed by atoms with Crippen LogP contribution in [0.3, 0.4) is 0 Å². The summed E-state index contributed by atoms with van der Waals surface area (Å²) in [5, 5.41) is 14.0. The molecule has 0 aromatic carbocycles. The molecule has 14 heteroatoms. The summed E-state index contributed by atoms with van der Waals surface area (Å²) in [5.41, 5.74) is -2.58. The molecular weight excluding hydrogens is 506 g/mol. The fraction of sp³-hybridized carbons (Fsp3) is 0.739. The van der Waals surface area contributed by atoms with Crippen molar-refractivity contribution in [2.45, 2.75) is 105 Å². The Kier molecular flexibility index (Phi) is 14.3. The number of amidine groups is 1. The fourth-order valence-corrected chi connectivity index (χ4v) is 2.08. The third-order valence-corrected chi connectivity index (χ3v) is 3.22. The van der Waals surface area contributed by atoms with Crippen LogP contribution in [0.5, 0.6) is 0 Å². The summed E-state index contributed by atoms with van der Waals surface area (Å²) in [6.07, 6.45) is -1.37. The van der Waals surface area contributed by atoms with Gasteiger partial charge in [0.2, 0.25) is 5.96 Å². The number of nitrogens with zero attached hydrogens (tertiary/aromatic N) is 1. The van der Waals surface area contributed by atoms with Gasteiger partial charge in [-0.05, 0) is 89.3 Å². The van der Waals surface area contributed by atoms with Crippen molar-refractivity contribution in [1.29, 1.82) is 5.41 Å². The van der Waals surface area contributed by atoms with Crippen LogP contribution in [0.25, 0.3) is 0 Å². The molecule has 0 aliphatic heterocycles. The van der Waals surface area contributed by atoms with Gasteiger partial charge >= 0.3 is 24.4 Å². The number of carbonyl (C=O) groups is 4. The first-order valence-corrected chi connectivity index (χ1v) is 12.5. The summed E-state index contributed by atoms with van der Waals surface area (Å²) in [6, 6.07) is 0. The highest BCUT2D eigenvalue weighted by molar-refractivity contribution is 8.13. The van der Waals surface area contributed by atoms with Gasteiger partial charge in [-0.25, -0.2) is 19.2 Å². The first-order chi connectivity index (χ1) is 16.3. The van der Waals surface area contributed by atoms with Crippen molar-refractivity contribution in [3.8, 4) is 0 Å². The Morgan fingerprint density at radius 1 is 0.595 bits per heavy atom. The van der Waals surface area contributed by atoms with Crippen LogP contribution >= 0.6 is 11.8 Å². The standard InChI is InChI=1S/C12H22N2O4S.C11H21N3O4/c1-11(2,3)17-9(15)13-8(19-7)14-10(16)18-12(4,5)6;1-10(2,3)17-8(15)13-7(12)14-9(16)18-11(4,5)6/h1-7H3,(H,13,14,15,16);1-6H3,(H3,12,13,14,15,16). The summed E-state index contributed by atoms with van der Waals surface area (Å²) in [6.45, 7) is 20.6. The van der Waals surface area contributed by atoms with E-state index in [0.29, 0.717) is 0 Å². The molecule has 0 bridgehead atoms. The lowest BCUT2D eigenvalue weighted by molar-refractivity contribution is 0.0531. The lowest BCUT2D eigenvalue weighted by Gasteiger charge is -2.21. The SMILES string of the molecule is CC(C)(C)OC(=O)NC(=N)NC(=O)OC(C)(C)C.CSC(=NC(=O)OC(C)(C)C)NC(=O)OC(C)(C)C. The van der Waals surface area contributed by atoms with E-state index in [1.54, 1.807) is 89.3 Å². The predicted molar refractivity (Wildman–Crippen MR) is 143 cm³/mol. The molecule has 4 N–H and O–H groups in total. The van der Waals surface area contributed by atoms with Crippen molar-refractivity contribution in [3.05, 3.63) is 0 Å². The molecule has 0 aromatic rings. The first-order valence-electron chi connectivity index (χ1n) is 11.3. The molecule has 0 saturated carbocycles. The van der Waals surface area contributed by atoms with E-state index < -0.39 is 52.7 Å². The maximum absolute atomic E-state index is 11.5. The molecule has 0 spiro atoms. The summed E-state index contributed by atoms with van der Waals surface area (Å²) < 4.78 is 19.9. The van der Waals surface area contributed by atoms with E-state index in [1.807, 2.05) is 0 Å². The van der Waals surface area contributed by atoms with E-state index >= 15 is 0 Å². The van der Waals surface area contributed by atoms with Crippen LogP contribution in [-0.4, -0.2) is 64.2 Å². The molecule has 214 valence electrons. The lowest BCUT2D eigenvalue weighted by Crippen LogP contribution is -2.46. The van der Waals surface area contributed by atoms with E-state index in [0.717, 1.165) is 11.8 Å². The third-order valence-electron chi connectivity index (χ3n) is 2.64. The van der Waals surface area contributed by atoms with Gasteiger partial charge in [0.25, 0.3) is 0 Å². The Morgan fingerprint density at radius 2 is 0.892 bits per heavy atom. The van der Waals surface area contributed by atoms with Crippen molar-refractivity contribution < 1.29 is 38.1 Å². The number of hydrogen-bond acceptors (Lipinski definition) is 10.